The number of carbonyl (C=O) groups is 1. The number of anilines is 1. The molecule has 20 heavy (non-hydrogen) atoms. The molecule has 1 amide bonds. The molecule has 104 valence electrons. The minimum atomic E-state index is -0.467. The van der Waals surface area contributed by atoms with Crippen LogP contribution in [0.15, 0.2) is 36.4 Å². The van der Waals surface area contributed by atoms with Crippen molar-refractivity contribution >= 4 is 11.6 Å². The molecule has 0 radical (unpaired) electrons. The van der Waals surface area contributed by atoms with Gasteiger partial charge in [0.1, 0.15) is 0 Å². The zero-order chi connectivity index (χ0) is 14.7. The number of para-hydroxylation sites is 1. The third kappa shape index (κ3) is 2.83. The molecule has 0 bridgehead atoms. The van der Waals surface area contributed by atoms with E-state index in [0.29, 0.717) is 17.7 Å². The molecule has 0 aliphatic carbocycles. The van der Waals surface area contributed by atoms with Crippen LogP contribution < -0.4 is 11.1 Å². The molecule has 0 spiro atoms. The predicted molar refractivity (Wildman–Crippen MR) is 76.8 cm³/mol. The van der Waals surface area contributed by atoms with Crippen LogP contribution in [-0.2, 0) is 6.54 Å². The highest BCUT2D eigenvalue weighted by molar-refractivity contribution is 5.93. The van der Waals surface area contributed by atoms with Gasteiger partial charge in [0.25, 0.3) is 0 Å². The number of hydrogen-bond donors (Lipinski definition) is 4. The molecule has 0 heterocycles. The minimum Gasteiger partial charge on any atom is -0.504 e. The summed E-state index contributed by atoms with van der Waals surface area (Å²) < 4.78 is 0. The number of nitrogens with two attached hydrogens (primary N) is 1. The first kappa shape index (κ1) is 13.7. The summed E-state index contributed by atoms with van der Waals surface area (Å²) in [5.41, 5.74) is 7.96. The molecule has 5 heteroatoms. The number of aryl methyl sites for hydroxylation is 1. The summed E-state index contributed by atoms with van der Waals surface area (Å²) in [5, 5.41) is 22.3. The van der Waals surface area contributed by atoms with Crippen molar-refractivity contribution in [3.8, 4) is 11.5 Å². The Balaban J connectivity index is 2.15. The number of benzene rings is 2. The molecule has 0 saturated heterocycles. The van der Waals surface area contributed by atoms with E-state index in [4.69, 9.17) is 5.73 Å². The number of amides is 1. The van der Waals surface area contributed by atoms with Crippen molar-refractivity contribution in [2.75, 3.05) is 5.32 Å². The van der Waals surface area contributed by atoms with Gasteiger partial charge in [-0.3, -0.25) is 4.79 Å². The fraction of sp³-hybridized carbons (Fsp3) is 0.133. The SMILES string of the molecule is Cc1cc(C(N)=O)ccc1NCc1cccc(O)c1O. The van der Waals surface area contributed by atoms with Crippen LogP contribution in [0.2, 0.25) is 0 Å². The topological polar surface area (TPSA) is 95.6 Å². The van der Waals surface area contributed by atoms with E-state index in [1.165, 1.54) is 6.07 Å². The standard InChI is InChI=1S/C15H16N2O3/c1-9-7-10(15(16)20)5-6-12(9)17-8-11-3-2-4-13(18)14(11)19/h2-7,17-19H,8H2,1H3,(H2,16,20). The number of nitrogens with one attached hydrogen (secondary N) is 1. The first-order chi connectivity index (χ1) is 9.49. The summed E-state index contributed by atoms with van der Waals surface area (Å²) >= 11 is 0. The van der Waals surface area contributed by atoms with E-state index in [-0.39, 0.29) is 11.5 Å². The third-order valence-corrected chi connectivity index (χ3v) is 3.08. The van der Waals surface area contributed by atoms with Crippen LogP contribution in [-0.4, -0.2) is 16.1 Å². The molecule has 2 aromatic rings. The quantitative estimate of drug-likeness (QED) is 0.641. The van der Waals surface area contributed by atoms with E-state index in [2.05, 4.69) is 5.32 Å². The zero-order valence-corrected chi connectivity index (χ0v) is 11.1. The average Bonchev–Trinajstić information content (AvgIpc) is 2.41. The van der Waals surface area contributed by atoms with Crippen LogP contribution in [0.25, 0.3) is 0 Å². The third-order valence-electron chi connectivity index (χ3n) is 3.08. The summed E-state index contributed by atoms with van der Waals surface area (Å²) in [6, 6.07) is 9.90. The van der Waals surface area contributed by atoms with Gasteiger partial charge in [0.05, 0.1) is 0 Å². The predicted octanol–water partition coefficient (Wildman–Crippen LogP) is 2.12. The van der Waals surface area contributed by atoms with Crippen molar-refractivity contribution < 1.29 is 15.0 Å². The summed E-state index contributed by atoms with van der Waals surface area (Å²) in [5.74, 6) is -0.748. The maximum Gasteiger partial charge on any atom is 0.248 e. The number of phenols is 2. The Morgan fingerprint density at radius 1 is 1.25 bits per heavy atom. The van der Waals surface area contributed by atoms with Gasteiger partial charge in [0.2, 0.25) is 5.91 Å². The first-order valence-corrected chi connectivity index (χ1v) is 6.13. The lowest BCUT2D eigenvalue weighted by Crippen LogP contribution is -2.11. The van der Waals surface area contributed by atoms with Crippen LogP contribution in [0.5, 0.6) is 11.5 Å². The van der Waals surface area contributed by atoms with E-state index in [0.717, 1.165) is 11.3 Å². The van der Waals surface area contributed by atoms with E-state index >= 15 is 0 Å². The number of carbonyl (C=O) groups excluding carboxylic acids is 1. The second-order valence-electron chi connectivity index (χ2n) is 4.53. The maximum absolute atomic E-state index is 11.1. The molecule has 0 unspecified atom stereocenters. The van der Waals surface area contributed by atoms with Crippen LogP contribution in [0.3, 0.4) is 0 Å². The van der Waals surface area contributed by atoms with Gasteiger partial charge in [-0.05, 0) is 36.8 Å². The highest BCUT2D eigenvalue weighted by Crippen LogP contribution is 2.29. The van der Waals surface area contributed by atoms with Crippen LogP contribution in [0.4, 0.5) is 5.69 Å². The normalized spacial score (nSPS) is 10.2. The zero-order valence-electron chi connectivity index (χ0n) is 11.1. The lowest BCUT2D eigenvalue weighted by atomic mass is 10.1. The molecule has 0 saturated carbocycles. The highest BCUT2D eigenvalue weighted by Gasteiger charge is 2.07. The number of aromatic hydroxyl groups is 2. The highest BCUT2D eigenvalue weighted by atomic mass is 16.3. The van der Waals surface area contributed by atoms with E-state index in [1.54, 1.807) is 30.3 Å². The average molecular weight is 272 g/mol. The molecular formula is C15H16N2O3. The van der Waals surface area contributed by atoms with E-state index in [1.807, 2.05) is 6.92 Å². The summed E-state index contributed by atoms with van der Waals surface area (Å²) in [6.45, 7) is 2.22. The maximum atomic E-state index is 11.1. The second-order valence-corrected chi connectivity index (χ2v) is 4.53. The van der Waals surface area contributed by atoms with Gasteiger partial charge in [-0.15, -0.1) is 0 Å². The summed E-state index contributed by atoms with van der Waals surface area (Å²) in [6.07, 6.45) is 0. The van der Waals surface area contributed by atoms with Crippen LogP contribution in [0, 0.1) is 6.92 Å². The van der Waals surface area contributed by atoms with Gasteiger partial charge >= 0.3 is 0 Å². The Morgan fingerprint density at radius 2 is 2.00 bits per heavy atom. The monoisotopic (exact) mass is 272 g/mol. The van der Waals surface area contributed by atoms with Crippen molar-refractivity contribution in [2.24, 2.45) is 5.73 Å². The Labute approximate surface area is 116 Å². The van der Waals surface area contributed by atoms with Crippen molar-refractivity contribution in [1.29, 1.82) is 0 Å². The van der Waals surface area contributed by atoms with Crippen LogP contribution in [0.1, 0.15) is 21.5 Å². The number of primary amides is 1. The van der Waals surface area contributed by atoms with Gasteiger partial charge in [0.15, 0.2) is 11.5 Å². The van der Waals surface area contributed by atoms with Crippen molar-refractivity contribution in [3.63, 3.8) is 0 Å². The smallest absolute Gasteiger partial charge is 0.248 e. The molecule has 0 fully saturated rings. The fourth-order valence-electron chi connectivity index (χ4n) is 1.93. The first-order valence-electron chi connectivity index (χ1n) is 6.13. The summed E-state index contributed by atoms with van der Waals surface area (Å²) in [4.78, 5) is 11.1. The number of phenolic OH excluding ortho intramolecular Hbond substituents is 2. The van der Waals surface area contributed by atoms with Gasteiger partial charge in [0, 0.05) is 23.4 Å². The largest absolute Gasteiger partial charge is 0.504 e. The molecular weight excluding hydrogens is 256 g/mol. The van der Waals surface area contributed by atoms with Gasteiger partial charge in [-0.1, -0.05) is 12.1 Å². The Bertz CT molecular complexity index is 654. The van der Waals surface area contributed by atoms with Crippen molar-refractivity contribution in [1.82, 2.24) is 0 Å². The molecule has 2 rings (SSSR count). The van der Waals surface area contributed by atoms with Crippen LogP contribution >= 0.6 is 0 Å². The molecule has 2 aromatic carbocycles. The van der Waals surface area contributed by atoms with E-state index in [9.17, 15) is 15.0 Å². The summed E-state index contributed by atoms with van der Waals surface area (Å²) in [7, 11) is 0. The van der Waals surface area contributed by atoms with Crippen molar-refractivity contribution in [3.05, 3.63) is 53.1 Å². The van der Waals surface area contributed by atoms with Gasteiger partial charge < -0.3 is 21.3 Å². The number of hydrogen-bond acceptors (Lipinski definition) is 4. The Morgan fingerprint density at radius 3 is 2.65 bits per heavy atom. The molecule has 5 nitrogen and oxygen atoms in total. The number of rotatable bonds is 4. The van der Waals surface area contributed by atoms with Gasteiger partial charge in [-0.2, -0.15) is 0 Å². The molecule has 0 atom stereocenters. The second kappa shape index (κ2) is 5.52. The molecule has 0 aromatic heterocycles. The molecule has 5 N–H and O–H groups in total. The molecule has 0 aliphatic rings. The minimum absolute atomic E-state index is 0.133. The van der Waals surface area contributed by atoms with Crippen molar-refractivity contribution in [2.45, 2.75) is 13.5 Å². The molecule has 0 aliphatic heterocycles. The van der Waals surface area contributed by atoms with E-state index < -0.39 is 5.91 Å². The lowest BCUT2D eigenvalue weighted by molar-refractivity contribution is 0.1000. The fourth-order valence-corrected chi connectivity index (χ4v) is 1.93. The Hall–Kier alpha value is -2.69. The Kier molecular flexibility index (Phi) is 3.79. The van der Waals surface area contributed by atoms with Gasteiger partial charge in [-0.25, -0.2) is 0 Å². The lowest BCUT2D eigenvalue weighted by Gasteiger charge is -2.12.